The molecule has 0 N–H and O–H groups in total. The number of rotatable bonds is 5. The number of aryl methyl sites for hydroxylation is 1. The first-order chi connectivity index (χ1) is 16.8. The molecule has 0 unspecified atom stereocenters. The van der Waals surface area contributed by atoms with Gasteiger partial charge in [-0.25, -0.2) is 12.8 Å². The zero-order valence-electron chi connectivity index (χ0n) is 20.2. The standard InChI is InChI=1S/C23H26F4N6O2S/c1-14-15(2)22(30-29-21(14)19-7-10-28-32(19)4)31(3)17-8-11-33(12-9-17)36(34,35)20-6-5-16(24)13-18(20)23(25,26)27/h5-7,10,13,17H,8-9,11-12H2,1-4H3. The van der Waals surface area contributed by atoms with Crippen LogP contribution in [-0.2, 0) is 23.2 Å². The summed E-state index contributed by atoms with van der Waals surface area (Å²) in [6, 6.07) is 3.37. The second-order valence-corrected chi connectivity index (χ2v) is 10.8. The fraction of sp³-hybridized carbons (Fsp3) is 0.435. The van der Waals surface area contributed by atoms with Crippen LogP contribution in [0.25, 0.3) is 11.4 Å². The second-order valence-electron chi connectivity index (χ2n) is 8.85. The van der Waals surface area contributed by atoms with E-state index in [1.165, 1.54) is 0 Å². The van der Waals surface area contributed by atoms with Gasteiger partial charge in [0.15, 0.2) is 5.82 Å². The van der Waals surface area contributed by atoms with Crippen LogP contribution in [0.1, 0.15) is 29.5 Å². The molecule has 1 fully saturated rings. The van der Waals surface area contributed by atoms with Crippen LogP contribution in [0.5, 0.6) is 0 Å². The summed E-state index contributed by atoms with van der Waals surface area (Å²) in [5.41, 5.74) is 1.89. The zero-order chi connectivity index (χ0) is 26.4. The van der Waals surface area contributed by atoms with Crippen molar-refractivity contribution >= 4 is 15.8 Å². The number of hydrogen-bond acceptors (Lipinski definition) is 6. The van der Waals surface area contributed by atoms with Crippen LogP contribution in [0.4, 0.5) is 23.4 Å². The Morgan fingerprint density at radius 1 is 1.06 bits per heavy atom. The molecule has 0 spiro atoms. The Bertz CT molecular complexity index is 1380. The lowest BCUT2D eigenvalue weighted by Crippen LogP contribution is -2.46. The summed E-state index contributed by atoms with van der Waals surface area (Å²) in [5, 5.41) is 13.0. The van der Waals surface area contributed by atoms with E-state index in [9.17, 15) is 26.0 Å². The maximum Gasteiger partial charge on any atom is 0.417 e. The van der Waals surface area contributed by atoms with Crippen LogP contribution < -0.4 is 4.90 Å². The molecule has 13 heteroatoms. The first kappa shape index (κ1) is 26.0. The maximum absolute atomic E-state index is 13.5. The Balaban J connectivity index is 1.53. The Morgan fingerprint density at radius 3 is 2.31 bits per heavy atom. The van der Waals surface area contributed by atoms with Crippen molar-refractivity contribution in [3.63, 3.8) is 0 Å². The number of benzene rings is 1. The number of halogens is 4. The average molecular weight is 527 g/mol. The third-order valence-electron chi connectivity index (χ3n) is 6.73. The lowest BCUT2D eigenvalue weighted by Gasteiger charge is -2.37. The molecule has 1 aromatic carbocycles. The summed E-state index contributed by atoms with van der Waals surface area (Å²) in [4.78, 5) is 0.997. The number of hydrogen-bond donors (Lipinski definition) is 0. The predicted molar refractivity (Wildman–Crippen MR) is 125 cm³/mol. The van der Waals surface area contributed by atoms with Crippen molar-refractivity contribution < 1.29 is 26.0 Å². The number of aromatic nitrogens is 4. The minimum atomic E-state index is -5.00. The van der Waals surface area contributed by atoms with E-state index in [-0.39, 0.29) is 25.2 Å². The van der Waals surface area contributed by atoms with Gasteiger partial charge in [0.05, 0.1) is 16.2 Å². The van der Waals surface area contributed by atoms with Gasteiger partial charge < -0.3 is 4.90 Å². The van der Waals surface area contributed by atoms with Crippen molar-refractivity contribution in [2.45, 2.75) is 43.8 Å². The summed E-state index contributed by atoms with van der Waals surface area (Å²) in [6.07, 6.45) is -2.57. The van der Waals surface area contributed by atoms with Crippen LogP contribution in [0.15, 0.2) is 35.4 Å². The van der Waals surface area contributed by atoms with E-state index in [0.29, 0.717) is 30.4 Å². The summed E-state index contributed by atoms with van der Waals surface area (Å²) in [5.74, 6) is -0.500. The van der Waals surface area contributed by atoms with Gasteiger partial charge in [0.1, 0.15) is 11.5 Å². The Kier molecular flexibility index (Phi) is 6.82. The monoisotopic (exact) mass is 526 g/mol. The minimum Gasteiger partial charge on any atom is -0.355 e. The van der Waals surface area contributed by atoms with Crippen molar-refractivity contribution in [2.24, 2.45) is 7.05 Å². The van der Waals surface area contributed by atoms with Crippen molar-refractivity contribution in [2.75, 3.05) is 25.0 Å². The lowest BCUT2D eigenvalue weighted by atomic mass is 10.0. The molecule has 0 saturated carbocycles. The molecule has 0 amide bonds. The maximum atomic E-state index is 13.5. The predicted octanol–water partition coefficient (Wildman–Crippen LogP) is 3.94. The molecule has 1 saturated heterocycles. The van der Waals surface area contributed by atoms with E-state index in [4.69, 9.17) is 0 Å². The molecule has 0 radical (unpaired) electrons. The van der Waals surface area contributed by atoms with E-state index in [1.54, 1.807) is 10.9 Å². The quantitative estimate of drug-likeness (QED) is 0.469. The fourth-order valence-corrected chi connectivity index (χ4v) is 6.17. The van der Waals surface area contributed by atoms with Crippen molar-refractivity contribution in [1.82, 2.24) is 24.3 Å². The van der Waals surface area contributed by atoms with Gasteiger partial charge in [0, 0.05) is 39.4 Å². The highest BCUT2D eigenvalue weighted by Crippen LogP contribution is 2.37. The number of sulfonamides is 1. The van der Waals surface area contributed by atoms with E-state index in [0.717, 1.165) is 27.2 Å². The molecule has 0 bridgehead atoms. The third-order valence-corrected chi connectivity index (χ3v) is 8.69. The third kappa shape index (κ3) is 4.69. The molecule has 8 nitrogen and oxygen atoms in total. The van der Waals surface area contributed by atoms with E-state index < -0.39 is 32.5 Å². The van der Waals surface area contributed by atoms with Crippen LogP contribution in [0.2, 0.25) is 0 Å². The van der Waals surface area contributed by atoms with Crippen LogP contribution >= 0.6 is 0 Å². The van der Waals surface area contributed by atoms with E-state index in [1.807, 2.05) is 38.9 Å². The molecule has 0 aliphatic carbocycles. The molecule has 3 aromatic rings. The zero-order valence-corrected chi connectivity index (χ0v) is 21.0. The molecule has 36 heavy (non-hydrogen) atoms. The highest BCUT2D eigenvalue weighted by Gasteiger charge is 2.40. The summed E-state index contributed by atoms with van der Waals surface area (Å²) in [6.45, 7) is 3.91. The largest absolute Gasteiger partial charge is 0.417 e. The molecule has 0 atom stereocenters. The number of nitrogens with zero attached hydrogens (tertiary/aromatic N) is 6. The SMILES string of the molecule is Cc1c(-c2ccnn2C)nnc(N(C)C2CCN(S(=O)(=O)c3ccc(F)cc3C(F)(F)F)CC2)c1C. The highest BCUT2D eigenvalue weighted by atomic mass is 32.2. The summed E-state index contributed by atoms with van der Waals surface area (Å²) < 4.78 is 82.6. The minimum absolute atomic E-state index is 0.0184. The normalized spacial score (nSPS) is 15.9. The molecule has 1 aliphatic rings. The summed E-state index contributed by atoms with van der Waals surface area (Å²) >= 11 is 0. The van der Waals surface area contributed by atoms with Gasteiger partial charge in [0.25, 0.3) is 0 Å². The van der Waals surface area contributed by atoms with Gasteiger partial charge >= 0.3 is 6.18 Å². The first-order valence-electron chi connectivity index (χ1n) is 11.2. The number of piperidine rings is 1. The van der Waals surface area contributed by atoms with Gasteiger partial charge in [0.2, 0.25) is 10.0 Å². The topological polar surface area (TPSA) is 84.2 Å². The first-order valence-corrected chi connectivity index (χ1v) is 12.7. The molecule has 194 valence electrons. The van der Waals surface area contributed by atoms with Gasteiger partial charge in [-0.1, -0.05) is 0 Å². The Hall–Kier alpha value is -3.06. The van der Waals surface area contributed by atoms with E-state index in [2.05, 4.69) is 15.3 Å². The Labute approximate surface area is 206 Å². The number of alkyl halides is 3. The van der Waals surface area contributed by atoms with E-state index >= 15 is 0 Å². The Morgan fingerprint density at radius 2 is 1.72 bits per heavy atom. The molecule has 4 rings (SSSR count). The van der Waals surface area contributed by atoms with Crippen LogP contribution in [-0.4, -0.2) is 58.9 Å². The lowest BCUT2D eigenvalue weighted by molar-refractivity contribution is -0.140. The molecular formula is C23H26F4N6O2S. The fourth-order valence-electron chi connectivity index (χ4n) is 4.51. The van der Waals surface area contributed by atoms with Crippen molar-refractivity contribution in [3.8, 4) is 11.4 Å². The smallest absolute Gasteiger partial charge is 0.355 e. The van der Waals surface area contributed by atoms with Gasteiger partial charge in [-0.15, -0.1) is 10.2 Å². The highest BCUT2D eigenvalue weighted by molar-refractivity contribution is 7.89. The van der Waals surface area contributed by atoms with Crippen LogP contribution in [0.3, 0.4) is 0 Å². The molecule has 2 aromatic heterocycles. The van der Waals surface area contributed by atoms with Gasteiger partial charge in [-0.3, -0.25) is 4.68 Å². The number of anilines is 1. The van der Waals surface area contributed by atoms with Crippen LogP contribution in [0, 0.1) is 19.7 Å². The van der Waals surface area contributed by atoms with Gasteiger partial charge in [-0.05, 0) is 62.1 Å². The molecular weight excluding hydrogens is 500 g/mol. The van der Waals surface area contributed by atoms with Gasteiger partial charge in [-0.2, -0.15) is 22.6 Å². The molecule has 3 heterocycles. The van der Waals surface area contributed by atoms with Crippen molar-refractivity contribution in [3.05, 3.63) is 53.0 Å². The average Bonchev–Trinajstić information content (AvgIpc) is 3.25. The molecule has 1 aliphatic heterocycles. The second kappa shape index (κ2) is 9.43. The van der Waals surface area contributed by atoms with Crippen molar-refractivity contribution in [1.29, 1.82) is 0 Å². The summed E-state index contributed by atoms with van der Waals surface area (Å²) in [7, 11) is -0.803.